The second kappa shape index (κ2) is 6.92. The van der Waals surface area contributed by atoms with E-state index in [0.29, 0.717) is 22.2 Å². The van der Waals surface area contributed by atoms with Crippen LogP contribution in [-0.4, -0.2) is 5.91 Å². The number of hydrogen-bond acceptors (Lipinski definition) is 3. The van der Waals surface area contributed by atoms with Gasteiger partial charge in [-0.15, -0.1) is 0 Å². The van der Waals surface area contributed by atoms with E-state index in [4.69, 9.17) is 4.42 Å². The molecule has 1 aliphatic rings. The van der Waals surface area contributed by atoms with Gasteiger partial charge in [0.05, 0.1) is 17.0 Å². The zero-order chi connectivity index (χ0) is 21.0. The molecule has 1 aromatic heterocycles. The fourth-order valence-electron chi connectivity index (χ4n) is 3.94. The molecule has 0 spiro atoms. The van der Waals surface area contributed by atoms with Gasteiger partial charge in [0, 0.05) is 10.2 Å². The van der Waals surface area contributed by atoms with Gasteiger partial charge in [-0.05, 0) is 55.0 Å². The Morgan fingerprint density at radius 1 is 1.00 bits per heavy atom. The van der Waals surface area contributed by atoms with Crippen molar-refractivity contribution >= 4 is 38.5 Å². The molecule has 1 unspecified atom stereocenters. The van der Waals surface area contributed by atoms with E-state index in [1.165, 1.54) is 17.0 Å². The minimum absolute atomic E-state index is 0.0191. The number of rotatable bonds is 2. The van der Waals surface area contributed by atoms with Gasteiger partial charge < -0.3 is 4.42 Å². The Morgan fingerprint density at radius 3 is 2.50 bits per heavy atom. The van der Waals surface area contributed by atoms with E-state index in [1.807, 2.05) is 25.1 Å². The Hall–Kier alpha value is -3.25. The van der Waals surface area contributed by atoms with Crippen LogP contribution in [0.2, 0.25) is 0 Å². The van der Waals surface area contributed by atoms with Gasteiger partial charge >= 0.3 is 0 Å². The largest absolute Gasteiger partial charge is 0.450 e. The van der Waals surface area contributed by atoms with Gasteiger partial charge in [0.25, 0.3) is 5.91 Å². The van der Waals surface area contributed by atoms with Gasteiger partial charge in [0.15, 0.2) is 5.43 Å². The monoisotopic (exact) mass is 463 g/mol. The number of nitrogens with zero attached hydrogens (tertiary/aromatic N) is 1. The fraction of sp³-hybridized carbons (Fsp3) is 0.0833. The number of hydrogen-bond donors (Lipinski definition) is 0. The lowest BCUT2D eigenvalue weighted by atomic mass is 9.98. The third kappa shape index (κ3) is 2.87. The Morgan fingerprint density at radius 2 is 1.77 bits per heavy atom. The fourth-order valence-corrected chi connectivity index (χ4v) is 4.33. The van der Waals surface area contributed by atoms with Gasteiger partial charge in [-0.2, -0.15) is 0 Å². The van der Waals surface area contributed by atoms with E-state index in [-0.39, 0.29) is 16.8 Å². The van der Waals surface area contributed by atoms with Crippen molar-refractivity contribution in [3.05, 3.63) is 110 Å². The summed E-state index contributed by atoms with van der Waals surface area (Å²) < 4.78 is 20.3. The van der Waals surface area contributed by atoms with Crippen LogP contribution >= 0.6 is 15.9 Å². The number of carbonyl (C=O) groups is 1. The van der Waals surface area contributed by atoms with E-state index in [9.17, 15) is 14.0 Å². The number of anilines is 1. The van der Waals surface area contributed by atoms with Crippen molar-refractivity contribution in [2.75, 3.05) is 4.90 Å². The van der Waals surface area contributed by atoms with E-state index in [2.05, 4.69) is 15.9 Å². The maximum Gasteiger partial charge on any atom is 0.295 e. The number of amides is 1. The van der Waals surface area contributed by atoms with Gasteiger partial charge in [0.1, 0.15) is 11.4 Å². The van der Waals surface area contributed by atoms with Crippen molar-refractivity contribution in [1.82, 2.24) is 0 Å². The molecule has 0 saturated heterocycles. The first-order valence-electron chi connectivity index (χ1n) is 9.36. The predicted molar refractivity (Wildman–Crippen MR) is 116 cm³/mol. The van der Waals surface area contributed by atoms with Crippen LogP contribution < -0.4 is 10.3 Å². The summed E-state index contributed by atoms with van der Waals surface area (Å²) in [5.41, 5.74) is 2.53. The molecule has 6 heteroatoms. The summed E-state index contributed by atoms with van der Waals surface area (Å²) in [6.07, 6.45) is 0. The van der Waals surface area contributed by atoms with Crippen LogP contribution in [0.5, 0.6) is 0 Å². The highest BCUT2D eigenvalue weighted by Gasteiger charge is 2.43. The average molecular weight is 464 g/mol. The second-order valence-electron chi connectivity index (χ2n) is 7.28. The molecule has 1 atom stereocenters. The molecule has 0 fully saturated rings. The maximum atomic E-state index is 13.6. The lowest BCUT2D eigenvalue weighted by Crippen LogP contribution is -2.29. The van der Waals surface area contributed by atoms with Gasteiger partial charge in [0.2, 0.25) is 5.76 Å². The first-order chi connectivity index (χ1) is 14.4. The van der Waals surface area contributed by atoms with Crippen molar-refractivity contribution in [2.45, 2.75) is 13.0 Å². The van der Waals surface area contributed by atoms with Crippen LogP contribution in [0.25, 0.3) is 11.0 Å². The second-order valence-corrected chi connectivity index (χ2v) is 8.20. The van der Waals surface area contributed by atoms with E-state index >= 15 is 0 Å². The van der Waals surface area contributed by atoms with Gasteiger partial charge in [-0.25, -0.2) is 4.39 Å². The van der Waals surface area contributed by atoms with E-state index < -0.39 is 17.8 Å². The molecule has 1 amide bonds. The van der Waals surface area contributed by atoms with Gasteiger partial charge in [-0.3, -0.25) is 14.5 Å². The highest BCUT2D eigenvalue weighted by Crippen LogP contribution is 2.41. The molecular formula is C24H15BrFNO3. The van der Waals surface area contributed by atoms with Crippen LogP contribution in [0.1, 0.15) is 33.3 Å². The topological polar surface area (TPSA) is 50.5 Å². The Kier molecular flexibility index (Phi) is 4.33. The Labute approximate surface area is 179 Å². The Balaban J connectivity index is 1.83. The van der Waals surface area contributed by atoms with Crippen LogP contribution in [0.3, 0.4) is 0 Å². The number of carbonyl (C=O) groups excluding carboxylic acids is 1. The van der Waals surface area contributed by atoms with E-state index in [0.717, 1.165) is 10.0 Å². The molecule has 5 rings (SSSR count). The molecule has 0 aliphatic carbocycles. The molecule has 3 aromatic carbocycles. The van der Waals surface area contributed by atoms with Crippen molar-refractivity contribution in [1.29, 1.82) is 0 Å². The van der Waals surface area contributed by atoms with Gasteiger partial charge in [-0.1, -0.05) is 45.8 Å². The minimum atomic E-state index is -0.719. The molecule has 4 aromatic rings. The maximum absolute atomic E-state index is 13.6. The van der Waals surface area contributed by atoms with Crippen molar-refractivity contribution in [2.24, 2.45) is 0 Å². The summed E-state index contributed by atoms with van der Waals surface area (Å²) >= 11 is 3.44. The zero-order valence-electron chi connectivity index (χ0n) is 15.9. The van der Waals surface area contributed by atoms with E-state index in [1.54, 1.807) is 36.4 Å². The highest BCUT2D eigenvalue weighted by molar-refractivity contribution is 9.10. The summed E-state index contributed by atoms with van der Waals surface area (Å²) in [5.74, 6) is -0.777. The quantitative estimate of drug-likeness (QED) is 0.380. The number of fused-ring (bicyclic) bond motifs is 2. The number of benzene rings is 3. The number of halogens is 2. The average Bonchev–Trinajstić information content (AvgIpc) is 3.02. The first-order valence-corrected chi connectivity index (χ1v) is 10.2. The molecule has 148 valence electrons. The predicted octanol–water partition coefficient (Wildman–Crippen LogP) is 5.75. The lowest BCUT2D eigenvalue weighted by Gasteiger charge is -2.25. The van der Waals surface area contributed by atoms with Crippen molar-refractivity contribution < 1.29 is 13.6 Å². The first kappa shape index (κ1) is 18.8. The molecule has 0 bridgehead atoms. The Bertz CT molecular complexity index is 1380. The molecule has 4 nitrogen and oxygen atoms in total. The highest BCUT2D eigenvalue weighted by atomic mass is 79.9. The summed E-state index contributed by atoms with van der Waals surface area (Å²) in [6, 6.07) is 17.7. The third-order valence-corrected chi connectivity index (χ3v) is 5.79. The summed E-state index contributed by atoms with van der Waals surface area (Å²) in [5, 5.41) is 0.421. The number of aryl methyl sites for hydroxylation is 1. The molecule has 0 N–H and O–H groups in total. The summed E-state index contributed by atoms with van der Waals surface area (Å²) in [7, 11) is 0. The summed E-state index contributed by atoms with van der Waals surface area (Å²) in [4.78, 5) is 28.4. The minimum Gasteiger partial charge on any atom is -0.450 e. The van der Waals surface area contributed by atoms with Crippen LogP contribution in [0.15, 0.2) is 80.4 Å². The van der Waals surface area contributed by atoms with Crippen LogP contribution in [-0.2, 0) is 0 Å². The molecular weight excluding hydrogens is 449 g/mol. The van der Waals surface area contributed by atoms with Crippen LogP contribution in [0.4, 0.5) is 10.1 Å². The zero-order valence-corrected chi connectivity index (χ0v) is 17.4. The van der Waals surface area contributed by atoms with Crippen molar-refractivity contribution in [3.8, 4) is 0 Å². The molecule has 30 heavy (non-hydrogen) atoms. The SMILES string of the molecule is Cc1ccc2oc3c(c(=O)c2c1)C(c1ccc(F)cc1)N(c1cccc(Br)c1)C3=O. The third-order valence-electron chi connectivity index (χ3n) is 5.30. The normalized spacial score (nSPS) is 15.6. The molecule has 0 saturated carbocycles. The molecule has 2 heterocycles. The summed E-state index contributed by atoms with van der Waals surface area (Å²) in [6.45, 7) is 1.89. The van der Waals surface area contributed by atoms with Crippen LogP contribution in [0, 0.1) is 12.7 Å². The molecule has 0 radical (unpaired) electrons. The smallest absolute Gasteiger partial charge is 0.295 e. The van der Waals surface area contributed by atoms with Crippen molar-refractivity contribution in [3.63, 3.8) is 0 Å². The molecule has 1 aliphatic heterocycles. The lowest BCUT2D eigenvalue weighted by molar-refractivity contribution is 0.0971. The standard InChI is InChI=1S/C24H15BrFNO3/c1-13-5-10-19-18(11-13)22(28)20-21(14-6-8-16(26)9-7-14)27(24(29)23(20)30-19)17-4-2-3-15(25)12-17/h2-12,21H,1H3.